The van der Waals surface area contributed by atoms with E-state index in [1.807, 2.05) is 13.8 Å². The molecule has 3 amide bonds. The van der Waals surface area contributed by atoms with Crippen molar-refractivity contribution in [1.29, 1.82) is 0 Å². The highest BCUT2D eigenvalue weighted by Crippen LogP contribution is 2.23. The second-order valence-corrected chi connectivity index (χ2v) is 7.96. The molecule has 6 nitrogen and oxygen atoms in total. The third kappa shape index (κ3) is 5.84. The molecule has 156 valence electrons. The highest BCUT2D eigenvalue weighted by Gasteiger charge is 2.12. The first-order valence-electron chi connectivity index (χ1n) is 9.17. The maximum Gasteiger partial charge on any atom is 0.319 e. The van der Waals surface area contributed by atoms with Gasteiger partial charge < -0.3 is 10.6 Å². The Balaban J connectivity index is 1.63. The lowest BCUT2D eigenvalue weighted by atomic mass is 10.1. The summed E-state index contributed by atoms with van der Waals surface area (Å²) in [5.74, 6) is -2.17. The van der Waals surface area contributed by atoms with Crippen LogP contribution in [0.1, 0.15) is 34.6 Å². The Labute approximate surface area is 176 Å². The number of thiazole rings is 1. The molecule has 1 heterocycles. The molecule has 0 spiro atoms. The Hall–Kier alpha value is -3.33. The number of hydrogen-bond donors (Lipinski definition) is 3. The van der Waals surface area contributed by atoms with Gasteiger partial charge in [0.2, 0.25) is 0 Å². The molecule has 9 heteroatoms. The molecule has 0 aliphatic heterocycles. The topological polar surface area (TPSA) is 83.1 Å². The van der Waals surface area contributed by atoms with Crippen molar-refractivity contribution in [2.24, 2.45) is 0 Å². The summed E-state index contributed by atoms with van der Waals surface area (Å²) in [7, 11) is 0. The van der Waals surface area contributed by atoms with Crippen LogP contribution in [0.15, 0.2) is 48.7 Å². The van der Waals surface area contributed by atoms with Crippen LogP contribution >= 0.6 is 11.3 Å². The van der Waals surface area contributed by atoms with E-state index in [9.17, 15) is 18.4 Å². The number of anilines is 2. The van der Waals surface area contributed by atoms with Gasteiger partial charge in [-0.1, -0.05) is 12.1 Å². The number of nitrogens with zero attached hydrogens (tertiary/aromatic N) is 1. The minimum absolute atomic E-state index is 0.0121. The lowest BCUT2D eigenvalue weighted by Gasteiger charge is -2.10. The minimum atomic E-state index is -0.902. The molecular weight excluding hydrogens is 410 g/mol. The molecular formula is C21H20F2N4O2S. The van der Waals surface area contributed by atoms with Gasteiger partial charge in [-0.15, -0.1) is 11.3 Å². The van der Waals surface area contributed by atoms with E-state index < -0.39 is 11.6 Å². The largest absolute Gasteiger partial charge is 0.336 e. The number of halogens is 2. The Morgan fingerprint density at radius 3 is 2.60 bits per heavy atom. The smallest absolute Gasteiger partial charge is 0.319 e. The summed E-state index contributed by atoms with van der Waals surface area (Å²) in [6.45, 7) is 3.69. The Morgan fingerprint density at radius 2 is 1.87 bits per heavy atom. The van der Waals surface area contributed by atoms with Gasteiger partial charge in [0.25, 0.3) is 5.91 Å². The zero-order valence-corrected chi connectivity index (χ0v) is 17.1. The van der Waals surface area contributed by atoms with Crippen LogP contribution in [0.5, 0.6) is 0 Å². The molecule has 3 aromatic rings. The first kappa shape index (κ1) is 21.4. The fourth-order valence-corrected chi connectivity index (χ4v) is 3.48. The molecule has 0 atom stereocenters. The van der Waals surface area contributed by atoms with Crippen LogP contribution in [0, 0.1) is 11.6 Å². The summed E-state index contributed by atoms with van der Waals surface area (Å²) in [6, 6.07) is 9.88. The van der Waals surface area contributed by atoms with Crippen LogP contribution in [-0.2, 0) is 6.42 Å². The zero-order valence-electron chi connectivity index (χ0n) is 16.3. The van der Waals surface area contributed by atoms with Crippen molar-refractivity contribution in [3.8, 4) is 0 Å². The van der Waals surface area contributed by atoms with Gasteiger partial charge >= 0.3 is 6.03 Å². The van der Waals surface area contributed by atoms with Gasteiger partial charge in [0.1, 0.15) is 0 Å². The molecule has 0 bridgehead atoms. The Bertz CT molecular complexity index is 1070. The fraction of sp³-hybridized carbons (Fsp3) is 0.190. The van der Waals surface area contributed by atoms with Crippen molar-refractivity contribution in [3.63, 3.8) is 0 Å². The second-order valence-electron chi connectivity index (χ2n) is 6.85. The normalized spacial score (nSPS) is 10.7. The number of amides is 3. The van der Waals surface area contributed by atoms with Crippen LogP contribution in [0.2, 0.25) is 0 Å². The molecule has 0 fully saturated rings. The van der Waals surface area contributed by atoms with Crippen LogP contribution in [0.3, 0.4) is 0 Å². The molecule has 1 aromatic heterocycles. The molecule has 0 unspecified atom stereocenters. The van der Waals surface area contributed by atoms with E-state index in [0.29, 0.717) is 28.4 Å². The quantitative estimate of drug-likeness (QED) is 0.526. The number of urea groups is 1. The first-order chi connectivity index (χ1) is 14.3. The Kier molecular flexibility index (Phi) is 6.73. The molecule has 0 aliphatic rings. The predicted octanol–water partition coefficient (Wildman–Crippen LogP) is 4.79. The van der Waals surface area contributed by atoms with Gasteiger partial charge in [0.15, 0.2) is 16.8 Å². The summed E-state index contributed by atoms with van der Waals surface area (Å²) >= 11 is 1.24. The lowest BCUT2D eigenvalue weighted by Crippen LogP contribution is -2.34. The van der Waals surface area contributed by atoms with E-state index >= 15 is 0 Å². The maximum atomic E-state index is 13.3. The summed E-state index contributed by atoms with van der Waals surface area (Å²) in [5, 5.41) is 8.46. The van der Waals surface area contributed by atoms with Crippen LogP contribution in [0.25, 0.3) is 0 Å². The van der Waals surface area contributed by atoms with Crippen molar-refractivity contribution >= 4 is 34.1 Å². The van der Waals surface area contributed by atoms with Crippen LogP contribution in [0.4, 0.5) is 24.4 Å². The van der Waals surface area contributed by atoms with E-state index in [2.05, 4.69) is 20.9 Å². The fourth-order valence-electron chi connectivity index (χ4n) is 2.63. The van der Waals surface area contributed by atoms with Gasteiger partial charge in [-0.2, -0.15) is 0 Å². The zero-order chi connectivity index (χ0) is 21.7. The summed E-state index contributed by atoms with van der Waals surface area (Å²) in [5.41, 5.74) is 1.45. The molecule has 0 saturated heterocycles. The summed E-state index contributed by atoms with van der Waals surface area (Å²) in [4.78, 5) is 29.3. The number of hydrogen-bond acceptors (Lipinski definition) is 4. The third-order valence-electron chi connectivity index (χ3n) is 3.94. The lowest BCUT2D eigenvalue weighted by molar-refractivity contribution is 0.102. The highest BCUT2D eigenvalue weighted by atomic mass is 32.1. The van der Waals surface area contributed by atoms with E-state index in [1.54, 1.807) is 30.5 Å². The number of carbonyl (C=O) groups is 2. The van der Waals surface area contributed by atoms with Crippen LogP contribution < -0.4 is 16.0 Å². The van der Waals surface area contributed by atoms with Gasteiger partial charge in [0, 0.05) is 34.8 Å². The average molecular weight is 430 g/mol. The standard InChI is InChI=1S/C21H20F2N4O2S/c1-12(2)25-20(29)26-15-5-3-4-14(10-15)19(28)27-21-24-11-16(30-21)8-13-6-7-17(22)18(23)9-13/h3-7,9-12H,8H2,1-2H3,(H,24,27,28)(H2,25,26,29). The average Bonchev–Trinajstić information content (AvgIpc) is 3.11. The number of rotatable bonds is 6. The molecule has 2 aromatic carbocycles. The van der Waals surface area contributed by atoms with E-state index in [0.717, 1.165) is 17.0 Å². The molecule has 0 radical (unpaired) electrons. The van der Waals surface area contributed by atoms with Gasteiger partial charge in [-0.25, -0.2) is 18.6 Å². The number of carbonyl (C=O) groups excluding carboxylic acids is 2. The number of benzene rings is 2. The van der Waals surface area contributed by atoms with Gasteiger partial charge in [0.05, 0.1) is 0 Å². The second kappa shape index (κ2) is 9.45. The monoisotopic (exact) mass is 430 g/mol. The number of aromatic nitrogens is 1. The van der Waals surface area contributed by atoms with Crippen molar-refractivity contribution in [3.05, 3.63) is 76.3 Å². The SMILES string of the molecule is CC(C)NC(=O)Nc1cccc(C(=O)Nc2ncc(Cc3ccc(F)c(F)c3)s2)c1. The van der Waals surface area contributed by atoms with Gasteiger partial charge in [-0.05, 0) is 49.7 Å². The van der Waals surface area contributed by atoms with Crippen molar-refractivity contribution in [1.82, 2.24) is 10.3 Å². The highest BCUT2D eigenvalue weighted by molar-refractivity contribution is 7.15. The van der Waals surface area contributed by atoms with E-state index in [1.165, 1.54) is 17.4 Å². The first-order valence-corrected chi connectivity index (χ1v) is 9.99. The summed E-state index contributed by atoms with van der Waals surface area (Å²) < 4.78 is 26.4. The predicted molar refractivity (Wildman–Crippen MR) is 113 cm³/mol. The third-order valence-corrected chi connectivity index (χ3v) is 4.85. The van der Waals surface area contributed by atoms with E-state index in [-0.39, 0.29) is 18.0 Å². The molecule has 0 aliphatic carbocycles. The maximum absolute atomic E-state index is 13.3. The van der Waals surface area contributed by atoms with Crippen LogP contribution in [-0.4, -0.2) is 23.0 Å². The van der Waals surface area contributed by atoms with Crippen molar-refractivity contribution in [2.45, 2.75) is 26.3 Å². The molecule has 0 saturated carbocycles. The summed E-state index contributed by atoms with van der Waals surface area (Å²) in [6.07, 6.45) is 1.95. The Morgan fingerprint density at radius 1 is 1.07 bits per heavy atom. The number of nitrogens with one attached hydrogen (secondary N) is 3. The molecule has 3 rings (SSSR count). The molecule has 3 N–H and O–H groups in total. The van der Waals surface area contributed by atoms with E-state index in [4.69, 9.17) is 0 Å². The minimum Gasteiger partial charge on any atom is -0.336 e. The van der Waals surface area contributed by atoms with Crippen molar-refractivity contribution < 1.29 is 18.4 Å². The molecule has 30 heavy (non-hydrogen) atoms. The van der Waals surface area contributed by atoms with Gasteiger partial charge in [-0.3, -0.25) is 10.1 Å². The van der Waals surface area contributed by atoms with Crippen molar-refractivity contribution in [2.75, 3.05) is 10.6 Å².